The van der Waals surface area contributed by atoms with Crippen LogP contribution in [-0.4, -0.2) is 29.1 Å². The van der Waals surface area contributed by atoms with Gasteiger partial charge in [0.2, 0.25) is 5.95 Å². The Hall–Kier alpha value is -3.32. The first-order valence-corrected chi connectivity index (χ1v) is 10.7. The van der Waals surface area contributed by atoms with Crippen molar-refractivity contribution >= 4 is 46.5 Å². The summed E-state index contributed by atoms with van der Waals surface area (Å²) in [4.78, 5) is 23.7. The molecule has 4 rings (SSSR count). The number of amides is 2. The van der Waals surface area contributed by atoms with E-state index < -0.39 is 0 Å². The SMILES string of the molecule is Cc1cc(N2CCCCC2)nc(Nc2ccc(NC(=O)Nc3ccc(Cl)cc3)cc2)n1. The lowest BCUT2D eigenvalue weighted by molar-refractivity contribution is 0.262. The van der Waals surface area contributed by atoms with Crippen LogP contribution < -0.4 is 20.9 Å². The summed E-state index contributed by atoms with van der Waals surface area (Å²) in [6.45, 7) is 4.05. The molecule has 1 aromatic heterocycles. The predicted octanol–water partition coefficient (Wildman–Crippen LogP) is 5.82. The van der Waals surface area contributed by atoms with Gasteiger partial charge in [0, 0.05) is 46.9 Å². The first-order chi connectivity index (χ1) is 15.0. The molecule has 3 N–H and O–H groups in total. The molecule has 0 bridgehead atoms. The van der Waals surface area contributed by atoms with Gasteiger partial charge in [-0.05, 0) is 74.7 Å². The number of rotatable bonds is 5. The minimum atomic E-state index is -0.323. The van der Waals surface area contributed by atoms with Crippen molar-refractivity contribution in [3.8, 4) is 0 Å². The Bertz CT molecular complexity index is 1030. The second-order valence-corrected chi connectivity index (χ2v) is 7.96. The van der Waals surface area contributed by atoms with Crippen LogP contribution in [0.2, 0.25) is 5.02 Å². The highest BCUT2D eigenvalue weighted by atomic mass is 35.5. The van der Waals surface area contributed by atoms with E-state index in [1.54, 1.807) is 24.3 Å². The Labute approximate surface area is 186 Å². The van der Waals surface area contributed by atoms with E-state index in [4.69, 9.17) is 16.6 Å². The molecule has 2 heterocycles. The minimum absolute atomic E-state index is 0.323. The van der Waals surface area contributed by atoms with E-state index in [1.807, 2.05) is 37.3 Å². The Balaban J connectivity index is 1.37. The fourth-order valence-corrected chi connectivity index (χ4v) is 3.61. The molecule has 0 radical (unpaired) electrons. The van der Waals surface area contributed by atoms with E-state index in [0.29, 0.717) is 22.3 Å². The third-order valence-corrected chi connectivity index (χ3v) is 5.27. The number of piperidine rings is 1. The lowest BCUT2D eigenvalue weighted by atomic mass is 10.1. The summed E-state index contributed by atoms with van der Waals surface area (Å²) in [7, 11) is 0. The van der Waals surface area contributed by atoms with Gasteiger partial charge in [-0.2, -0.15) is 4.98 Å². The monoisotopic (exact) mass is 436 g/mol. The number of carbonyl (C=O) groups is 1. The van der Waals surface area contributed by atoms with Gasteiger partial charge in [-0.25, -0.2) is 9.78 Å². The topological polar surface area (TPSA) is 82.2 Å². The van der Waals surface area contributed by atoms with Crippen molar-refractivity contribution in [1.82, 2.24) is 9.97 Å². The molecule has 1 aliphatic heterocycles. The number of aromatic nitrogens is 2. The highest BCUT2D eigenvalue weighted by molar-refractivity contribution is 6.30. The molecule has 2 aromatic carbocycles. The second-order valence-electron chi connectivity index (χ2n) is 7.53. The molecule has 2 amide bonds. The first kappa shape index (κ1) is 20.9. The quantitative estimate of drug-likeness (QED) is 0.469. The highest BCUT2D eigenvalue weighted by Crippen LogP contribution is 2.22. The van der Waals surface area contributed by atoms with Gasteiger partial charge >= 0.3 is 6.03 Å². The number of halogens is 1. The van der Waals surface area contributed by atoms with Crippen LogP contribution in [0.15, 0.2) is 54.6 Å². The van der Waals surface area contributed by atoms with Crippen molar-refractivity contribution in [3.05, 3.63) is 65.3 Å². The van der Waals surface area contributed by atoms with Crippen LogP contribution >= 0.6 is 11.6 Å². The molecule has 8 heteroatoms. The number of carbonyl (C=O) groups excluding carboxylic acids is 1. The first-order valence-electron chi connectivity index (χ1n) is 10.4. The van der Waals surface area contributed by atoms with E-state index in [2.05, 4.69) is 25.8 Å². The molecular formula is C23H25ClN6O. The predicted molar refractivity (Wildman–Crippen MR) is 127 cm³/mol. The molecule has 1 aliphatic rings. The number of hydrogen-bond donors (Lipinski definition) is 3. The zero-order chi connectivity index (χ0) is 21.6. The maximum atomic E-state index is 12.2. The Morgan fingerprint density at radius 2 is 1.45 bits per heavy atom. The van der Waals surface area contributed by atoms with Crippen LogP contribution in [0, 0.1) is 6.92 Å². The van der Waals surface area contributed by atoms with E-state index in [9.17, 15) is 4.79 Å². The van der Waals surface area contributed by atoms with Gasteiger partial charge in [0.1, 0.15) is 5.82 Å². The van der Waals surface area contributed by atoms with Crippen molar-refractivity contribution in [3.63, 3.8) is 0 Å². The molecule has 0 atom stereocenters. The normalized spacial score (nSPS) is 13.5. The highest BCUT2D eigenvalue weighted by Gasteiger charge is 2.14. The zero-order valence-electron chi connectivity index (χ0n) is 17.4. The number of nitrogens with one attached hydrogen (secondary N) is 3. The summed E-state index contributed by atoms with van der Waals surface area (Å²) in [6.07, 6.45) is 3.68. The van der Waals surface area contributed by atoms with Crippen LogP contribution in [0.5, 0.6) is 0 Å². The van der Waals surface area contributed by atoms with Crippen LogP contribution in [-0.2, 0) is 0 Å². The molecule has 31 heavy (non-hydrogen) atoms. The summed E-state index contributed by atoms with van der Waals surface area (Å²) < 4.78 is 0. The third kappa shape index (κ3) is 5.86. The van der Waals surface area contributed by atoms with Crippen LogP contribution in [0.1, 0.15) is 25.0 Å². The van der Waals surface area contributed by atoms with Crippen molar-refractivity contribution in [2.75, 3.05) is 33.9 Å². The number of aryl methyl sites for hydroxylation is 1. The van der Waals surface area contributed by atoms with E-state index in [-0.39, 0.29) is 6.03 Å². The number of urea groups is 1. The van der Waals surface area contributed by atoms with Gasteiger partial charge in [-0.15, -0.1) is 0 Å². The third-order valence-electron chi connectivity index (χ3n) is 5.02. The van der Waals surface area contributed by atoms with E-state index >= 15 is 0 Å². The molecule has 3 aromatic rings. The maximum Gasteiger partial charge on any atom is 0.323 e. The molecule has 1 fully saturated rings. The Morgan fingerprint density at radius 1 is 0.871 bits per heavy atom. The van der Waals surface area contributed by atoms with Crippen LogP contribution in [0.4, 0.5) is 33.6 Å². The molecular weight excluding hydrogens is 412 g/mol. The standard InChI is InChI=1S/C23H25ClN6O/c1-16-15-21(30-13-3-2-4-14-30)29-22(25-16)26-18-9-11-20(12-10-18)28-23(31)27-19-7-5-17(24)6-8-19/h5-12,15H,2-4,13-14H2,1H3,(H,25,26,29)(H2,27,28,31). The molecule has 0 spiro atoms. The zero-order valence-corrected chi connectivity index (χ0v) is 18.1. The molecule has 7 nitrogen and oxygen atoms in total. The molecule has 0 saturated carbocycles. The lowest BCUT2D eigenvalue weighted by Gasteiger charge is -2.28. The summed E-state index contributed by atoms with van der Waals surface area (Å²) in [5.41, 5.74) is 3.12. The minimum Gasteiger partial charge on any atom is -0.356 e. The number of hydrogen-bond acceptors (Lipinski definition) is 5. The van der Waals surface area contributed by atoms with Gasteiger partial charge in [-0.3, -0.25) is 0 Å². The average molecular weight is 437 g/mol. The van der Waals surface area contributed by atoms with Crippen molar-refractivity contribution in [1.29, 1.82) is 0 Å². The molecule has 0 aliphatic carbocycles. The number of anilines is 5. The molecule has 0 unspecified atom stereocenters. The average Bonchev–Trinajstić information content (AvgIpc) is 2.77. The fraction of sp³-hybridized carbons (Fsp3) is 0.261. The number of nitrogens with zero attached hydrogens (tertiary/aromatic N) is 3. The Kier molecular flexibility index (Phi) is 6.52. The summed E-state index contributed by atoms with van der Waals surface area (Å²) in [5, 5.41) is 9.46. The van der Waals surface area contributed by atoms with Crippen LogP contribution in [0.3, 0.4) is 0 Å². The van der Waals surface area contributed by atoms with Crippen molar-refractivity contribution in [2.24, 2.45) is 0 Å². The van der Waals surface area contributed by atoms with E-state index in [1.165, 1.54) is 19.3 Å². The Morgan fingerprint density at radius 3 is 2.10 bits per heavy atom. The van der Waals surface area contributed by atoms with Gasteiger partial charge < -0.3 is 20.9 Å². The molecule has 160 valence electrons. The lowest BCUT2D eigenvalue weighted by Crippen LogP contribution is -2.30. The van der Waals surface area contributed by atoms with Crippen molar-refractivity contribution < 1.29 is 4.79 Å². The summed E-state index contributed by atoms with van der Waals surface area (Å²) >= 11 is 5.86. The summed E-state index contributed by atoms with van der Waals surface area (Å²) in [6, 6.07) is 16.1. The van der Waals surface area contributed by atoms with Gasteiger partial charge in [-0.1, -0.05) is 11.6 Å². The van der Waals surface area contributed by atoms with Crippen molar-refractivity contribution in [2.45, 2.75) is 26.2 Å². The smallest absolute Gasteiger partial charge is 0.323 e. The maximum absolute atomic E-state index is 12.2. The van der Waals surface area contributed by atoms with Crippen LogP contribution in [0.25, 0.3) is 0 Å². The van der Waals surface area contributed by atoms with E-state index in [0.717, 1.165) is 30.3 Å². The second kappa shape index (κ2) is 9.66. The summed E-state index contributed by atoms with van der Waals surface area (Å²) in [5.74, 6) is 1.54. The van der Waals surface area contributed by atoms with Gasteiger partial charge in [0.15, 0.2) is 0 Å². The molecule has 1 saturated heterocycles. The number of benzene rings is 2. The van der Waals surface area contributed by atoms with Gasteiger partial charge in [0.25, 0.3) is 0 Å². The largest absolute Gasteiger partial charge is 0.356 e. The fourth-order valence-electron chi connectivity index (χ4n) is 3.49. The van der Waals surface area contributed by atoms with Gasteiger partial charge in [0.05, 0.1) is 0 Å².